The van der Waals surface area contributed by atoms with Gasteiger partial charge in [0.2, 0.25) is 0 Å². The number of anilines is 1. The van der Waals surface area contributed by atoms with Gasteiger partial charge in [-0.1, -0.05) is 17.3 Å². The Morgan fingerprint density at radius 1 is 1.08 bits per heavy atom. The molecule has 0 N–H and O–H groups in total. The van der Waals surface area contributed by atoms with E-state index in [2.05, 4.69) is 31.0 Å². The van der Waals surface area contributed by atoms with Crippen LogP contribution in [-0.4, -0.2) is 46.2 Å². The van der Waals surface area contributed by atoms with Gasteiger partial charge in [0, 0.05) is 50.5 Å². The molecular formula is C17H16N6O. The van der Waals surface area contributed by atoms with Crippen LogP contribution in [0.5, 0.6) is 0 Å². The van der Waals surface area contributed by atoms with Crippen LogP contribution in [0.4, 0.5) is 5.82 Å². The number of hydrogen-bond donors (Lipinski definition) is 0. The second-order valence-electron chi connectivity index (χ2n) is 5.73. The molecule has 0 radical (unpaired) electrons. The number of nitriles is 1. The largest absolute Gasteiger partial charge is 0.356 e. The van der Waals surface area contributed by atoms with E-state index in [0.717, 1.165) is 49.4 Å². The summed E-state index contributed by atoms with van der Waals surface area (Å²) in [4.78, 5) is 12.8. The number of piperazine rings is 1. The Balaban J connectivity index is 1.44. The predicted molar refractivity (Wildman–Crippen MR) is 88.2 cm³/mol. The lowest BCUT2D eigenvalue weighted by atomic mass is 10.2. The molecule has 7 heteroatoms. The van der Waals surface area contributed by atoms with Crippen molar-refractivity contribution < 1.29 is 4.52 Å². The van der Waals surface area contributed by atoms with Crippen LogP contribution in [0, 0.1) is 11.3 Å². The van der Waals surface area contributed by atoms with E-state index in [1.165, 1.54) is 0 Å². The normalized spacial score (nSPS) is 15.5. The zero-order valence-corrected chi connectivity index (χ0v) is 13.1. The molecule has 0 unspecified atom stereocenters. The average molecular weight is 320 g/mol. The molecular weight excluding hydrogens is 304 g/mol. The molecule has 0 amide bonds. The lowest BCUT2D eigenvalue weighted by Gasteiger charge is -2.35. The minimum Gasteiger partial charge on any atom is -0.356 e. The summed E-state index contributed by atoms with van der Waals surface area (Å²) < 4.78 is 5.37. The fraction of sp³-hybridized carbons (Fsp3) is 0.294. The van der Waals surface area contributed by atoms with Crippen molar-refractivity contribution in [2.75, 3.05) is 31.1 Å². The Hall–Kier alpha value is -2.98. The first-order chi connectivity index (χ1) is 11.8. The molecule has 24 heavy (non-hydrogen) atoms. The van der Waals surface area contributed by atoms with Gasteiger partial charge in [0.25, 0.3) is 0 Å². The summed E-state index contributed by atoms with van der Waals surface area (Å²) in [6.07, 6.45) is 3.18. The zero-order chi connectivity index (χ0) is 16.4. The molecule has 1 fully saturated rings. The highest BCUT2D eigenvalue weighted by atomic mass is 16.5. The summed E-state index contributed by atoms with van der Waals surface area (Å²) in [6, 6.07) is 10.0. The van der Waals surface area contributed by atoms with Crippen LogP contribution < -0.4 is 4.90 Å². The third kappa shape index (κ3) is 2.68. The lowest BCUT2D eigenvalue weighted by Crippen LogP contribution is -2.46. The van der Waals surface area contributed by atoms with E-state index in [1.54, 1.807) is 12.4 Å². The van der Waals surface area contributed by atoms with Gasteiger partial charge in [-0.3, -0.25) is 4.90 Å². The van der Waals surface area contributed by atoms with Crippen LogP contribution in [0.3, 0.4) is 0 Å². The van der Waals surface area contributed by atoms with Gasteiger partial charge >= 0.3 is 0 Å². The highest BCUT2D eigenvalue weighted by Crippen LogP contribution is 2.21. The van der Waals surface area contributed by atoms with E-state index in [9.17, 15) is 0 Å². The maximum atomic E-state index is 9.16. The highest BCUT2D eigenvalue weighted by Gasteiger charge is 2.22. The molecule has 1 aliphatic rings. The summed E-state index contributed by atoms with van der Waals surface area (Å²) in [7, 11) is 0. The molecule has 1 aliphatic heterocycles. The first-order valence-corrected chi connectivity index (χ1v) is 7.87. The Kier molecular flexibility index (Phi) is 3.81. The number of fused-ring (bicyclic) bond motifs is 1. The average Bonchev–Trinajstić information content (AvgIpc) is 3.05. The van der Waals surface area contributed by atoms with Crippen molar-refractivity contribution in [3.8, 4) is 6.07 Å². The topological polar surface area (TPSA) is 82.1 Å². The molecule has 3 heterocycles. The van der Waals surface area contributed by atoms with Crippen molar-refractivity contribution in [3.63, 3.8) is 0 Å². The minimum absolute atomic E-state index is 0.383. The third-order valence-electron chi connectivity index (χ3n) is 4.28. The molecule has 3 aromatic rings. The number of nitrogens with zero attached hydrogens (tertiary/aromatic N) is 6. The molecule has 1 aromatic carbocycles. The fourth-order valence-corrected chi connectivity index (χ4v) is 3.02. The highest BCUT2D eigenvalue weighted by molar-refractivity contribution is 5.79. The van der Waals surface area contributed by atoms with Crippen LogP contribution in [-0.2, 0) is 6.54 Å². The summed E-state index contributed by atoms with van der Waals surface area (Å²) >= 11 is 0. The number of rotatable bonds is 3. The van der Waals surface area contributed by atoms with Gasteiger partial charge in [0.15, 0.2) is 17.1 Å². The first-order valence-electron chi connectivity index (χ1n) is 7.87. The van der Waals surface area contributed by atoms with Crippen molar-refractivity contribution >= 4 is 16.8 Å². The van der Waals surface area contributed by atoms with Crippen LogP contribution in [0.15, 0.2) is 41.2 Å². The van der Waals surface area contributed by atoms with E-state index in [-0.39, 0.29) is 0 Å². The maximum Gasteiger partial charge on any atom is 0.183 e. The Morgan fingerprint density at radius 3 is 2.71 bits per heavy atom. The van der Waals surface area contributed by atoms with Gasteiger partial charge < -0.3 is 9.42 Å². The van der Waals surface area contributed by atoms with E-state index in [0.29, 0.717) is 11.5 Å². The predicted octanol–water partition coefficient (Wildman–Crippen LogP) is 1.81. The van der Waals surface area contributed by atoms with Gasteiger partial charge in [-0.2, -0.15) is 5.26 Å². The monoisotopic (exact) mass is 320 g/mol. The van der Waals surface area contributed by atoms with Crippen molar-refractivity contribution in [2.24, 2.45) is 0 Å². The van der Waals surface area contributed by atoms with Crippen molar-refractivity contribution in [3.05, 3.63) is 48.0 Å². The molecule has 4 rings (SSSR count). The van der Waals surface area contributed by atoms with Gasteiger partial charge in [-0.15, -0.1) is 0 Å². The van der Waals surface area contributed by atoms with Crippen LogP contribution >= 0.6 is 0 Å². The molecule has 120 valence electrons. The van der Waals surface area contributed by atoms with Crippen LogP contribution in [0.2, 0.25) is 0 Å². The summed E-state index contributed by atoms with van der Waals surface area (Å²) in [5.41, 5.74) is 2.18. The fourth-order valence-electron chi connectivity index (χ4n) is 3.02. The minimum atomic E-state index is 0.383. The van der Waals surface area contributed by atoms with Gasteiger partial charge in [0.05, 0.1) is 0 Å². The number of hydrogen-bond acceptors (Lipinski definition) is 7. The van der Waals surface area contributed by atoms with Gasteiger partial charge in [0.1, 0.15) is 11.8 Å². The van der Waals surface area contributed by atoms with Crippen LogP contribution in [0.1, 0.15) is 11.4 Å². The second kappa shape index (κ2) is 6.26. The van der Waals surface area contributed by atoms with E-state index >= 15 is 0 Å². The standard InChI is InChI=1S/C17H16N6O/c18-11-14-17(20-6-5-19-14)23-9-7-22(8-10-23)12-15-13-3-1-2-4-16(13)24-21-15/h1-6H,7-10,12H2. The Morgan fingerprint density at radius 2 is 1.88 bits per heavy atom. The maximum absolute atomic E-state index is 9.16. The van der Waals surface area contributed by atoms with Gasteiger partial charge in [-0.05, 0) is 12.1 Å². The zero-order valence-electron chi connectivity index (χ0n) is 13.1. The molecule has 7 nitrogen and oxygen atoms in total. The molecule has 2 aromatic heterocycles. The van der Waals surface area contributed by atoms with Gasteiger partial charge in [-0.25, -0.2) is 9.97 Å². The van der Waals surface area contributed by atoms with E-state index < -0.39 is 0 Å². The Labute approximate surface area is 139 Å². The molecule has 0 aliphatic carbocycles. The Bertz CT molecular complexity index is 891. The quantitative estimate of drug-likeness (QED) is 0.728. The number of aromatic nitrogens is 3. The van der Waals surface area contributed by atoms with E-state index in [4.69, 9.17) is 9.78 Å². The molecule has 1 saturated heterocycles. The van der Waals surface area contributed by atoms with Crippen molar-refractivity contribution in [2.45, 2.75) is 6.54 Å². The molecule has 0 saturated carbocycles. The van der Waals surface area contributed by atoms with E-state index in [1.807, 2.05) is 24.3 Å². The third-order valence-corrected chi connectivity index (χ3v) is 4.28. The SMILES string of the molecule is N#Cc1nccnc1N1CCN(Cc2noc3ccccc23)CC1. The summed E-state index contributed by atoms with van der Waals surface area (Å²) in [5.74, 6) is 0.673. The smallest absolute Gasteiger partial charge is 0.183 e. The molecule has 0 bridgehead atoms. The van der Waals surface area contributed by atoms with Crippen molar-refractivity contribution in [1.29, 1.82) is 5.26 Å². The number of benzene rings is 1. The lowest BCUT2D eigenvalue weighted by molar-refractivity contribution is 0.242. The summed E-state index contributed by atoms with van der Waals surface area (Å²) in [5, 5.41) is 14.4. The van der Waals surface area contributed by atoms with Crippen molar-refractivity contribution in [1.82, 2.24) is 20.0 Å². The first kappa shape index (κ1) is 14.6. The second-order valence-corrected chi connectivity index (χ2v) is 5.73. The van der Waals surface area contributed by atoms with Crippen LogP contribution in [0.25, 0.3) is 11.0 Å². The molecule has 0 spiro atoms. The molecule has 0 atom stereocenters. The summed E-state index contributed by atoms with van der Waals surface area (Å²) in [6.45, 7) is 4.13. The number of para-hydroxylation sites is 1.